The fourth-order valence-corrected chi connectivity index (χ4v) is 4.79. The molecule has 2 aromatic heterocycles. The van der Waals surface area contributed by atoms with Gasteiger partial charge in [-0.2, -0.15) is 5.10 Å². The molecule has 3 aromatic rings. The van der Waals surface area contributed by atoms with Crippen LogP contribution in [-0.2, 0) is 6.54 Å². The summed E-state index contributed by atoms with van der Waals surface area (Å²) >= 11 is 7.79. The van der Waals surface area contributed by atoms with Gasteiger partial charge in [-0.15, -0.1) is 23.7 Å². The van der Waals surface area contributed by atoms with Crippen molar-refractivity contribution >= 4 is 51.5 Å². The number of nitrogens with two attached hydrogens (primary N) is 1. The predicted octanol–water partition coefficient (Wildman–Crippen LogP) is 4.09. The van der Waals surface area contributed by atoms with Gasteiger partial charge in [0.25, 0.3) is 5.91 Å². The summed E-state index contributed by atoms with van der Waals surface area (Å²) in [6.07, 6.45) is 1.96. The maximum absolute atomic E-state index is 12.9. The van der Waals surface area contributed by atoms with Crippen molar-refractivity contribution in [2.45, 2.75) is 32.4 Å². The van der Waals surface area contributed by atoms with Crippen molar-refractivity contribution in [3.63, 3.8) is 0 Å². The minimum absolute atomic E-state index is 0. The normalized spacial score (nSPS) is 17.1. The van der Waals surface area contributed by atoms with Gasteiger partial charge in [0.15, 0.2) is 0 Å². The number of fused-ring (bicyclic) bond motifs is 1. The SMILES string of the molecule is Cc1nn(Cc2ccccc2Cl)c2sc(C(=O)N3CCCC(N)C3)cc12.Cl. The van der Waals surface area contributed by atoms with Crippen molar-refractivity contribution in [3.05, 3.63) is 51.5 Å². The van der Waals surface area contributed by atoms with Crippen LogP contribution in [0.4, 0.5) is 0 Å². The van der Waals surface area contributed by atoms with E-state index in [1.807, 2.05) is 46.8 Å². The van der Waals surface area contributed by atoms with Gasteiger partial charge in [0.2, 0.25) is 0 Å². The Morgan fingerprint density at radius 1 is 1.41 bits per heavy atom. The lowest BCUT2D eigenvalue weighted by Gasteiger charge is -2.30. The molecule has 1 aliphatic rings. The minimum Gasteiger partial charge on any atom is -0.336 e. The number of piperidine rings is 1. The zero-order chi connectivity index (χ0) is 18.3. The first-order chi connectivity index (χ1) is 12.5. The fraction of sp³-hybridized carbons (Fsp3) is 0.368. The number of carbonyl (C=O) groups excluding carboxylic acids is 1. The van der Waals surface area contributed by atoms with Crippen LogP contribution in [0.25, 0.3) is 10.2 Å². The summed E-state index contributed by atoms with van der Waals surface area (Å²) < 4.78 is 1.94. The number of hydrogen-bond acceptors (Lipinski definition) is 4. The molecule has 1 aromatic carbocycles. The van der Waals surface area contributed by atoms with Crippen LogP contribution in [0, 0.1) is 6.92 Å². The molecule has 3 heterocycles. The van der Waals surface area contributed by atoms with Gasteiger partial charge in [0, 0.05) is 29.5 Å². The van der Waals surface area contributed by atoms with Crippen LogP contribution in [0.15, 0.2) is 30.3 Å². The van der Waals surface area contributed by atoms with Crippen molar-refractivity contribution < 1.29 is 4.79 Å². The summed E-state index contributed by atoms with van der Waals surface area (Å²) in [7, 11) is 0. The molecule has 1 fully saturated rings. The number of thiophene rings is 1. The molecule has 144 valence electrons. The fourth-order valence-electron chi connectivity index (χ4n) is 3.46. The van der Waals surface area contributed by atoms with Gasteiger partial charge in [0.1, 0.15) is 4.83 Å². The Bertz CT molecular complexity index is 968. The third-order valence-corrected chi connectivity index (χ3v) is 6.35. The topological polar surface area (TPSA) is 64.2 Å². The number of aryl methyl sites for hydroxylation is 1. The number of rotatable bonds is 3. The predicted molar refractivity (Wildman–Crippen MR) is 113 cm³/mol. The Balaban J connectivity index is 0.00000210. The van der Waals surface area contributed by atoms with E-state index in [-0.39, 0.29) is 24.4 Å². The van der Waals surface area contributed by atoms with Gasteiger partial charge in [0.05, 0.1) is 17.1 Å². The molecule has 0 saturated carbocycles. The quantitative estimate of drug-likeness (QED) is 0.688. The maximum atomic E-state index is 12.9. The molecule has 8 heteroatoms. The summed E-state index contributed by atoms with van der Waals surface area (Å²) in [6.45, 7) is 3.99. The summed E-state index contributed by atoms with van der Waals surface area (Å²) in [5.41, 5.74) is 7.97. The third kappa shape index (κ3) is 3.99. The van der Waals surface area contributed by atoms with E-state index >= 15 is 0 Å². The van der Waals surface area contributed by atoms with Crippen molar-refractivity contribution in [3.8, 4) is 0 Å². The number of likely N-dealkylation sites (tertiary alicyclic amines) is 1. The van der Waals surface area contributed by atoms with Crippen LogP contribution < -0.4 is 5.73 Å². The minimum atomic E-state index is 0. The van der Waals surface area contributed by atoms with Crippen molar-refractivity contribution in [1.29, 1.82) is 0 Å². The number of benzene rings is 1. The number of amides is 1. The highest BCUT2D eigenvalue weighted by Crippen LogP contribution is 2.31. The molecule has 5 nitrogen and oxygen atoms in total. The van der Waals surface area contributed by atoms with E-state index in [2.05, 4.69) is 5.10 Å². The Morgan fingerprint density at radius 2 is 2.19 bits per heavy atom. The van der Waals surface area contributed by atoms with Gasteiger partial charge in [-0.25, -0.2) is 0 Å². The first-order valence-electron chi connectivity index (χ1n) is 8.78. The molecule has 0 radical (unpaired) electrons. The van der Waals surface area contributed by atoms with Crippen LogP contribution in [-0.4, -0.2) is 39.7 Å². The molecule has 1 saturated heterocycles. The van der Waals surface area contributed by atoms with E-state index in [1.54, 1.807) is 0 Å². The number of nitrogens with zero attached hydrogens (tertiary/aromatic N) is 3. The molecule has 2 N–H and O–H groups in total. The molecule has 0 spiro atoms. The van der Waals surface area contributed by atoms with Crippen molar-refractivity contribution in [1.82, 2.24) is 14.7 Å². The second kappa shape index (κ2) is 8.19. The number of carbonyl (C=O) groups is 1. The van der Waals surface area contributed by atoms with E-state index in [0.29, 0.717) is 13.1 Å². The summed E-state index contributed by atoms with van der Waals surface area (Å²) in [5, 5.41) is 6.39. The van der Waals surface area contributed by atoms with Gasteiger partial charge in [-0.3, -0.25) is 9.48 Å². The maximum Gasteiger partial charge on any atom is 0.264 e. The average molecular weight is 425 g/mol. The number of halogens is 2. The van der Waals surface area contributed by atoms with E-state index in [9.17, 15) is 4.79 Å². The van der Waals surface area contributed by atoms with Crippen LogP contribution in [0.3, 0.4) is 0 Å². The van der Waals surface area contributed by atoms with Crippen LogP contribution >= 0.6 is 35.3 Å². The summed E-state index contributed by atoms with van der Waals surface area (Å²) in [6, 6.07) is 9.82. The van der Waals surface area contributed by atoms with Crippen LogP contribution in [0.1, 0.15) is 33.8 Å². The number of hydrogen-bond donors (Lipinski definition) is 1. The number of aromatic nitrogens is 2. The second-order valence-corrected chi connectivity index (χ2v) is 8.26. The van der Waals surface area contributed by atoms with Gasteiger partial charge < -0.3 is 10.6 Å². The Labute approximate surface area is 173 Å². The molecule has 1 atom stereocenters. The van der Waals surface area contributed by atoms with Crippen LogP contribution in [0.2, 0.25) is 5.02 Å². The highest BCUT2D eigenvalue weighted by molar-refractivity contribution is 7.20. The van der Waals surface area contributed by atoms with E-state index < -0.39 is 0 Å². The van der Waals surface area contributed by atoms with Gasteiger partial charge in [-0.05, 0) is 37.5 Å². The highest BCUT2D eigenvalue weighted by atomic mass is 35.5. The van der Waals surface area contributed by atoms with Crippen LogP contribution in [0.5, 0.6) is 0 Å². The first kappa shape index (κ1) is 20.1. The van der Waals surface area contributed by atoms with Gasteiger partial charge >= 0.3 is 0 Å². The molecule has 1 unspecified atom stereocenters. The van der Waals surface area contributed by atoms with E-state index in [4.69, 9.17) is 17.3 Å². The lowest BCUT2D eigenvalue weighted by molar-refractivity contribution is 0.0714. The Hall–Kier alpha value is -1.60. The molecule has 27 heavy (non-hydrogen) atoms. The second-order valence-electron chi connectivity index (χ2n) is 6.82. The van der Waals surface area contributed by atoms with Crippen molar-refractivity contribution in [2.24, 2.45) is 5.73 Å². The average Bonchev–Trinajstić information content (AvgIpc) is 3.18. The zero-order valence-corrected chi connectivity index (χ0v) is 17.4. The van der Waals surface area contributed by atoms with Gasteiger partial charge in [-0.1, -0.05) is 29.8 Å². The first-order valence-corrected chi connectivity index (χ1v) is 9.97. The monoisotopic (exact) mass is 424 g/mol. The molecule has 1 aliphatic heterocycles. The smallest absolute Gasteiger partial charge is 0.264 e. The van der Waals surface area contributed by atoms with E-state index in [1.165, 1.54) is 11.3 Å². The summed E-state index contributed by atoms with van der Waals surface area (Å²) in [4.78, 5) is 16.5. The molecule has 0 bridgehead atoms. The molecular weight excluding hydrogens is 403 g/mol. The Kier molecular flexibility index (Phi) is 6.11. The molecular formula is C19H22Cl2N4OS. The molecule has 0 aliphatic carbocycles. The lowest BCUT2D eigenvalue weighted by atomic mass is 10.1. The third-order valence-electron chi connectivity index (χ3n) is 4.84. The van der Waals surface area contributed by atoms with E-state index in [0.717, 1.165) is 50.8 Å². The zero-order valence-electron chi connectivity index (χ0n) is 15.0. The largest absolute Gasteiger partial charge is 0.336 e. The van der Waals surface area contributed by atoms with Crippen molar-refractivity contribution in [2.75, 3.05) is 13.1 Å². The molecule has 1 amide bonds. The summed E-state index contributed by atoms with van der Waals surface area (Å²) in [5.74, 6) is 0.0741. The standard InChI is InChI=1S/C19H21ClN4OS.ClH/c1-12-15-9-17(18(25)23-8-4-6-14(21)11-23)26-19(15)24(22-12)10-13-5-2-3-7-16(13)20;/h2-3,5,7,9,14H,4,6,8,10-11,21H2,1H3;1H. The Morgan fingerprint density at radius 3 is 2.93 bits per heavy atom. The molecule has 4 rings (SSSR count). The highest BCUT2D eigenvalue weighted by Gasteiger charge is 2.25. The lowest BCUT2D eigenvalue weighted by Crippen LogP contribution is -2.45.